The molecule has 0 fully saturated rings. The number of nitrogens with one attached hydrogen (secondary N) is 1. The fourth-order valence-electron chi connectivity index (χ4n) is 3.06. The normalized spacial score (nSPS) is 11.1. The predicted octanol–water partition coefficient (Wildman–Crippen LogP) is 4.92. The maximum atomic E-state index is 11.0. The van der Waals surface area contributed by atoms with E-state index in [1.165, 1.54) is 28.0 Å². The van der Waals surface area contributed by atoms with E-state index < -0.39 is 5.91 Å². The zero-order chi connectivity index (χ0) is 18.2. The van der Waals surface area contributed by atoms with Gasteiger partial charge in [0.2, 0.25) is 0 Å². The first kappa shape index (κ1) is 17.9. The molecule has 0 radical (unpaired) electrons. The van der Waals surface area contributed by atoms with Crippen molar-refractivity contribution in [1.82, 2.24) is 5.48 Å². The number of hydrogen-bond donors (Lipinski definition) is 2. The molecule has 3 aromatic rings. The summed E-state index contributed by atoms with van der Waals surface area (Å²) < 4.78 is 0. The standard InChI is InChI=1S/C23H23NO2/c25-23(24-26)16-14-19-11-9-18(10-12-19)5-1-2-6-20-13-15-21-7-3-4-8-22(21)17-20/h3-4,7-17,26H,1-2,5-6H2,(H,24,25)/b16-14+. The van der Waals surface area contributed by atoms with E-state index in [4.69, 9.17) is 5.21 Å². The van der Waals surface area contributed by atoms with E-state index >= 15 is 0 Å². The van der Waals surface area contributed by atoms with Crippen LogP contribution >= 0.6 is 0 Å². The van der Waals surface area contributed by atoms with Gasteiger partial charge in [0.25, 0.3) is 5.91 Å². The smallest absolute Gasteiger partial charge is 0.267 e. The zero-order valence-corrected chi connectivity index (χ0v) is 14.7. The lowest BCUT2D eigenvalue weighted by molar-refractivity contribution is -0.124. The Morgan fingerprint density at radius 2 is 1.50 bits per heavy atom. The summed E-state index contributed by atoms with van der Waals surface area (Å²) in [6.45, 7) is 0. The van der Waals surface area contributed by atoms with Crippen LogP contribution in [0.4, 0.5) is 0 Å². The highest BCUT2D eigenvalue weighted by molar-refractivity contribution is 5.90. The Hall–Kier alpha value is -2.91. The minimum atomic E-state index is -0.525. The van der Waals surface area contributed by atoms with Crippen molar-refractivity contribution in [3.05, 3.63) is 89.5 Å². The Kier molecular flexibility index (Phi) is 6.18. The molecule has 0 atom stereocenters. The van der Waals surface area contributed by atoms with Crippen LogP contribution in [0.25, 0.3) is 16.8 Å². The molecule has 0 aliphatic heterocycles. The summed E-state index contributed by atoms with van der Waals surface area (Å²) >= 11 is 0. The van der Waals surface area contributed by atoms with Gasteiger partial charge in [-0.1, -0.05) is 66.7 Å². The van der Waals surface area contributed by atoms with E-state index in [2.05, 4.69) is 54.6 Å². The second-order valence-electron chi connectivity index (χ2n) is 6.44. The number of carbonyl (C=O) groups excluding carboxylic acids is 1. The number of hydroxylamine groups is 1. The van der Waals surface area contributed by atoms with Gasteiger partial charge in [0.1, 0.15) is 0 Å². The van der Waals surface area contributed by atoms with E-state index in [0.29, 0.717) is 0 Å². The third-order valence-electron chi connectivity index (χ3n) is 4.51. The van der Waals surface area contributed by atoms with Crippen molar-refractivity contribution < 1.29 is 10.0 Å². The Morgan fingerprint density at radius 1 is 0.846 bits per heavy atom. The SMILES string of the molecule is O=C(/C=C/c1ccc(CCCCc2ccc3ccccc3c2)cc1)NO. The Balaban J connectivity index is 1.47. The van der Waals surface area contributed by atoms with Crippen molar-refractivity contribution in [1.29, 1.82) is 0 Å². The number of unbranched alkanes of at least 4 members (excludes halogenated alkanes) is 1. The first-order valence-corrected chi connectivity index (χ1v) is 8.93. The Bertz CT molecular complexity index is 897. The van der Waals surface area contributed by atoms with Crippen molar-refractivity contribution >= 4 is 22.8 Å². The maximum Gasteiger partial charge on any atom is 0.267 e. The molecule has 0 spiro atoms. The molecule has 0 bridgehead atoms. The summed E-state index contributed by atoms with van der Waals surface area (Å²) in [4.78, 5) is 11.0. The fourth-order valence-corrected chi connectivity index (χ4v) is 3.06. The molecule has 1 amide bonds. The summed E-state index contributed by atoms with van der Waals surface area (Å²) in [5, 5.41) is 11.1. The molecule has 0 saturated heterocycles. The van der Waals surface area contributed by atoms with Crippen LogP contribution in [-0.4, -0.2) is 11.1 Å². The summed E-state index contributed by atoms with van der Waals surface area (Å²) in [5.74, 6) is -0.525. The van der Waals surface area contributed by atoms with Crippen LogP contribution < -0.4 is 5.48 Å². The van der Waals surface area contributed by atoms with Crippen molar-refractivity contribution in [3.63, 3.8) is 0 Å². The van der Waals surface area contributed by atoms with E-state index in [0.717, 1.165) is 31.2 Å². The Labute approximate surface area is 153 Å². The number of fused-ring (bicyclic) bond motifs is 1. The molecule has 3 aromatic carbocycles. The van der Waals surface area contributed by atoms with Gasteiger partial charge in [-0.15, -0.1) is 0 Å². The largest absolute Gasteiger partial charge is 0.288 e. The lowest BCUT2D eigenvalue weighted by Crippen LogP contribution is -2.14. The molecule has 2 N–H and O–H groups in total. The van der Waals surface area contributed by atoms with E-state index in [9.17, 15) is 4.79 Å². The molecule has 26 heavy (non-hydrogen) atoms. The van der Waals surface area contributed by atoms with Crippen LogP contribution in [0.2, 0.25) is 0 Å². The van der Waals surface area contributed by atoms with Gasteiger partial charge in [-0.25, -0.2) is 5.48 Å². The highest BCUT2D eigenvalue weighted by Crippen LogP contribution is 2.17. The Morgan fingerprint density at radius 3 is 2.23 bits per heavy atom. The van der Waals surface area contributed by atoms with Gasteiger partial charge in [-0.2, -0.15) is 0 Å². The highest BCUT2D eigenvalue weighted by Gasteiger charge is 1.99. The summed E-state index contributed by atoms with van der Waals surface area (Å²) in [5.41, 5.74) is 5.21. The zero-order valence-electron chi connectivity index (χ0n) is 14.7. The molecular formula is C23H23NO2. The summed E-state index contributed by atoms with van der Waals surface area (Å²) in [6.07, 6.45) is 7.44. The first-order chi connectivity index (χ1) is 12.7. The topological polar surface area (TPSA) is 49.3 Å². The fraction of sp³-hybridized carbons (Fsp3) is 0.174. The van der Waals surface area contributed by atoms with Gasteiger partial charge in [-0.05, 0) is 59.2 Å². The average molecular weight is 345 g/mol. The second kappa shape index (κ2) is 8.97. The van der Waals surface area contributed by atoms with Gasteiger partial charge in [0.15, 0.2) is 0 Å². The molecule has 0 saturated carbocycles. The van der Waals surface area contributed by atoms with E-state index in [1.807, 2.05) is 12.1 Å². The highest BCUT2D eigenvalue weighted by atomic mass is 16.5. The number of carbonyl (C=O) groups is 1. The van der Waals surface area contributed by atoms with Crippen LogP contribution in [0.3, 0.4) is 0 Å². The minimum absolute atomic E-state index is 0.525. The van der Waals surface area contributed by atoms with Gasteiger partial charge >= 0.3 is 0 Å². The number of hydrogen-bond acceptors (Lipinski definition) is 2. The summed E-state index contributed by atoms with van der Waals surface area (Å²) in [7, 11) is 0. The second-order valence-corrected chi connectivity index (χ2v) is 6.44. The average Bonchev–Trinajstić information content (AvgIpc) is 2.70. The molecule has 0 aliphatic carbocycles. The third-order valence-corrected chi connectivity index (χ3v) is 4.51. The van der Waals surface area contributed by atoms with Gasteiger partial charge in [0, 0.05) is 6.08 Å². The van der Waals surface area contributed by atoms with Crippen molar-refractivity contribution in [2.24, 2.45) is 0 Å². The lowest BCUT2D eigenvalue weighted by Gasteiger charge is -2.05. The molecule has 132 valence electrons. The number of benzene rings is 3. The number of rotatable bonds is 7. The van der Waals surface area contributed by atoms with Crippen molar-refractivity contribution in [3.8, 4) is 0 Å². The first-order valence-electron chi connectivity index (χ1n) is 8.93. The van der Waals surface area contributed by atoms with Crippen LogP contribution in [0.15, 0.2) is 72.8 Å². The van der Waals surface area contributed by atoms with Crippen molar-refractivity contribution in [2.45, 2.75) is 25.7 Å². The molecular weight excluding hydrogens is 322 g/mol. The van der Waals surface area contributed by atoms with Gasteiger partial charge in [-0.3, -0.25) is 10.0 Å². The van der Waals surface area contributed by atoms with Crippen molar-refractivity contribution in [2.75, 3.05) is 0 Å². The lowest BCUT2D eigenvalue weighted by atomic mass is 10.0. The number of amides is 1. The van der Waals surface area contributed by atoms with Crippen LogP contribution in [-0.2, 0) is 17.6 Å². The van der Waals surface area contributed by atoms with Crippen LogP contribution in [0.1, 0.15) is 29.5 Å². The molecule has 3 nitrogen and oxygen atoms in total. The minimum Gasteiger partial charge on any atom is -0.288 e. The molecule has 3 heteroatoms. The molecule has 3 rings (SSSR count). The monoisotopic (exact) mass is 345 g/mol. The maximum absolute atomic E-state index is 11.0. The molecule has 0 unspecified atom stereocenters. The predicted molar refractivity (Wildman–Crippen MR) is 106 cm³/mol. The molecule has 0 aliphatic rings. The summed E-state index contributed by atoms with van der Waals surface area (Å²) in [6, 6.07) is 23.3. The van der Waals surface area contributed by atoms with E-state index in [-0.39, 0.29) is 0 Å². The number of aryl methyl sites for hydroxylation is 2. The third kappa shape index (κ3) is 5.04. The van der Waals surface area contributed by atoms with Gasteiger partial charge < -0.3 is 0 Å². The molecule has 0 heterocycles. The molecule has 0 aromatic heterocycles. The van der Waals surface area contributed by atoms with Crippen LogP contribution in [0, 0.1) is 0 Å². The van der Waals surface area contributed by atoms with Gasteiger partial charge in [0.05, 0.1) is 0 Å². The quantitative estimate of drug-likeness (QED) is 0.276. The van der Waals surface area contributed by atoms with E-state index in [1.54, 1.807) is 11.6 Å². The van der Waals surface area contributed by atoms with Crippen LogP contribution in [0.5, 0.6) is 0 Å².